The van der Waals surface area contributed by atoms with E-state index in [1.165, 1.54) is 7.05 Å². The largest absolute Gasteiger partial charge is 0.357 e. The Kier molecular flexibility index (Phi) is 6.22. The van der Waals surface area contributed by atoms with E-state index in [1.54, 1.807) is 24.3 Å². The van der Waals surface area contributed by atoms with Crippen molar-refractivity contribution >= 4 is 21.6 Å². The van der Waals surface area contributed by atoms with E-state index in [2.05, 4.69) is 30.5 Å². The van der Waals surface area contributed by atoms with Crippen molar-refractivity contribution in [3.8, 4) is 0 Å². The minimum absolute atomic E-state index is 0.228. The molecule has 28 heavy (non-hydrogen) atoms. The van der Waals surface area contributed by atoms with Gasteiger partial charge in [0.1, 0.15) is 0 Å². The molecule has 0 unspecified atom stereocenters. The second kappa shape index (κ2) is 8.81. The van der Waals surface area contributed by atoms with Crippen LogP contribution in [-0.2, 0) is 23.1 Å². The van der Waals surface area contributed by atoms with Crippen LogP contribution in [0.25, 0.3) is 5.65 Å². The van der Waals surface area contributed by atoms with Gasteiger partial charge in [-0.05, 0) is 43.8 Å². The van der Waals surface area contributed by atoms with E-state index in [1.807, 2.05) is 35.7 Å². The predicted molar refractivity (Wildman–Crippen MR) is 107 cm³/mol. The van der Waals surface area contributed by atoms with Crippen LogP contribution in [-0.4, -0.2) is 42.6 Å². The molecule has 0 amide bonds. The Morgan fingerprint density at radius 3 is 2.61 bits per heavy atom. The molecule has 0 atom stereocenters. The second-order valence-corrected chi connectivity index (χ2v) is 7.83. The number of sulfonamides is 1. The first-order chi connectivity index (χ1) is 13.5. The van der Waals surface area contributed by atoms with Gasteiger partial charge in [0, 0.05) is 12.7 Å². The number of nitrogens with one attached hydrogen (secondary N) is 3. The number of nitrogens with zero attached hydrogens (tertiary/aromatic N) is 4. The molecule has 2 aromatic heterocycles. The first-order valence-corrected chi connectivity index (χ1v) is 10.3. The SMILES string of the molecule is CCNC(=NCc1ccc(S(=O)(=O)NC)cc1)NCc1nnc2ccccn12. The summed E-state index contributed by atoms with van der Waals surface area (Å²) in [6.45, 7) is 3.58. The lowest BCUT2D eigenvalue weighted by molar-refractivity contribution is 0.588. The number of benzene rings is 1. The van der Waals surface area contributed by atoms with Crippen LogP contribution < -0.4 is 15.4 Å². The Hall–Kier alpha value is -2.98. The third kappa shape index (κ3) is 4.65. The van der Waals surface area contributed by atoms with Gasteiger partial charge in [0.2, 0.25) is 10.0 Å². The van der Waals surface area contributed by atoms with Gasteiger partial charge in [0.25, 0.3) is 0 Å². The number of hydrogen-bond donors (Lipinski definition) is 3. The van der Waals surface area contributed by atoms with E-state index < -0.39 is 10.0 Å². The lowest BCUT2D eigenvalue weighted by atomic mass is 10.2. The summed E-state index contributed by atoms with van der Waals surface area (Å²) in [5, 5.41) is 14.7. The van der Waals surface area contributed by atoms with Gasteiger partial charge in [-0.2, -0.15) is 0 Å². The van der Waals surface area contributed by atoms with Gasteiger partial charge < -0.3 is 10.6 Å². The number of aliphatic imine (C=N–C) groups is 1. The smallest absolute Gasteiger partial charge is 0.240 e. The molecule has 0 radical (unpaired) electrons. The fourth-order valence-electron chi connectivity index (χ4n) is 2.58. The van der Waals surface area contributed by atoms with Crippen molar-refractivity contribution in [2.45, 2.75) is 24.9 Å². The highest BCUT2D eigenvalue weighted by molar-refractivity contribution is 7.89. The minimum Gasteiger partial charge on any atom is -0.357 e. The highest BCUT2D eigenvalue weighted by Gasteiger charge is 2.10. The first-order valence-electron chi connectivity index (χ1n) is 8.87. The third-order valence-corrected chi connectivity index (χ3v) is 5.49. The van der Waals surface area contributed by atoms with Crippen molar-refractivity contribution in [3.63, 3.8) is 0 Å². The predicted octanol–water partition coefficient (Wildman–Crippen LogP) is 0.893. The summed E-state index contributed by atoms with van der Waals surface area (Å²) in [5.74, 6) is 1.42. The maximum atomic E-state index is 11.8. The number of pyridine rings is 1. The lowest BCUT2D eigenvalue weighted by Gasteiger charge is -2.10. The number of hydrogen-bond acceptors (Lipinski definition) is 5. The monoisotopic (exact) mass is 401 g/mol. The summed E-state index contributed by atoms with van der Waals surface area (Å²) >= 11 is 0. The lowest BCUT2D eigenvalue weighted by Crippen LogP contribution is -2.37. The Morgan fingerprint density at radius 1 is 1.11 bits per heavy atom. The van der Waals surface area contributed by atoms with Crippen LogP contribution in [0.15, 0.2) is 58.5 Å². The molecule has 2 heterocycles. The molecule has 3 N–H and O–H groups in total. The van der Waals surface area contributed by atoms with Crippen LogP contribution in [0.1, 0.15) is 18.3 Å². The van der Waals surface area contributed by atoms with Gasteiger partial charge in [-0.1, -0.05) is 18.2 Å². The molecule has 10 heteroatoms. The van der Waals surface area contributed by atoms with E-state index in [4.69, 9.17) is 0 Å². The van der Waals surface area contributed by atoms with Gasteiger partial charge in [-0.15, -0.1) is 10.2 Å². The molecule has 0 fully saturated rings. The highest BCUT2D eigenvalue weighted by Crippen LogP contribution is 2.11. The molecule has 0 saturated heterocycles. The molecular formula is C18H23N7O2S. The van der Waals surface area contributed by atoms with Gasteiger partial charge in [0.15, 0.2) is 17.4 Å². The van der Waals surface area contributed by atoms with Crippen molar-refractivity contribution < 1.29 is 8.42 Å². The summed E-state index contributed by atoms with van der Waals surface area (Å²) < 4.78 is 27.8. The number of guanidine groups is 1. The molecule has 3 rings (SSSR count). The van der Waals surface area contributed by atoms with E-state index in [-0.39, 0.29) is 4.90 Å². The van der Waals surface area contributed by atoms with Gasteiger partial charge in [0.05, 0.1) is 18.0 Å². The highest BCUT2D eigenvalue weighted by atomic mass is 32.2. The molecule has 0 bridgehead atoms. The molecule has 0 spiro atoms. The van der Waals surface area contributed by atoms with E-state index in [0.29, 0.717) is 25.6 Å². The van der Waals surface area contributed by atoms with Crippen molar-refractivity contribution in [2.75, 3.05) is 13.6 Å². The first kappa shape index (κ1) is 19.8. The Morgan fingerprint density at radius 2 is 1.89 bits per heavy atom. The zero-order valence-electron chi connectivity index (χ0n) is 15.8. The van der Waals surface area contributed by atoms with Crippen LogP contribution in [0.3, 0.4) is 0 Å². The van der Waals surface area contributed by atoms with Crippen molar-refractivity contribution in [3.05, 3.63) is 60.0 Å². The average molecular weight is 401 g/mol. The summed E-state index contributed by atoms with van der Waals surface area (Å²) in [5.41, 5.74) is 1.69. The Labute approximate surface area is 164 Å². The third-order valence-electron chi connectivity index (χ3n) is 4.06. The van der Waals surface area contributed by atoms with E-state index >= 15 is 0 Å². The summed E-state index contributed by atoms with van der Waals surface area (Å²) in [6.07, 6.45) is 1.91. The summed E-state index contributed by atoms with van der Waals surface area (Å²) in [6, 6.07) is 12.4. The van der Waals surface area contributed by atoms with Gasteiger partial charge >= 0.3 is 0 Å². The summed E-state index contributed by atoms with van der Waals surface area (Å²) in [4.78, 5) is 4.78. The van der Waals surface area contributed by atoms with Crippen LogP contribution in [0.2, 0.25) is 0 Å². The second-order valence-electron chi connectivity index (χ2n) is 5.95. The average Bonchev–Trinajstić information content (AvgIpc) is 3.13. The fraction of sp³-hybridized carbons (Fsp3) is 0.278. The molecule has 0 saturated carbocycles. The Bertz CT molecular complexity index is 1060. The molecule has 9 nitrogen and oxygen atoms in total. The maximum absolute atomic E-state index is 11.8. The molecule has 3 aromatic rings. The molecule has 0 aliphatic heterocycles. The van der Waals surface area contributed by atoms with E-state index in [9.17, 15) is 8.42 Å². The van der Waals surface area contributed by atoms with Crippen LogP contribution in [0.5, 0.6) is 0 Å². The van der Waals surface area contributed by atoms with Crippen LogP contribution in [0, 0.1) is 0 Å². The number of rotatable bonds is 7. The van der Waals surface area contributed by atoms with Crippen LogP contribution in [0.4, 0.5) is 0 Å². The molecule has 1 aromatic carbocycles. The standard InChI is InChI=1S/C18H23N7O2S/c1-3-20-18(22-13-17-24-23-16-6-4-5-11-25(16)17)21-12-14-7-9-15(10-8-14)28(26,27)19-2/h4-11,19H,3,12-13H2,1-2H3,(H2,20,21,22). The fourth-order valence-corrected chi connectivity index (χ4v) is 3.31. The molecular weight excluding hydrogens is 378 g/mol. The Balaban J connectivity index is 1.67. The quantitative estimate of drug-likeness (QED) is 0.400. The molecule has 0 aliphatic carbocycles. The maximum Gasteiger partial charge on any atom is 0.240 e. The van der Waals surface area contributed by atoms with Crippen molar-refractivity contribution in [1.82, 2.24) is 30.0 Å². The van der Waals surface area contributed by atoms with Crippen molar-refractivity contribution in [1.29, 1.82) is 0 Å². The zero-order chi connectivity index (χ0) is 20.0. The molecule has 148 valence electrons. The number of fused-ring (bicyclic) bond motifs is 1. The van der Waals surface area contributed by atoms with Crippen molar-refractivity contribution in [2.24, 2.45) is 4.99 Å². The van der Waals surface area contributed by atoms with Gasteiger partial charge in [-0.3, -0.25) is 4.40 Å². The molecule has 0 aliphatic rings. The summed E-state index contributed by atoms with van der Waals surface area (Å²) in [7, 11) is -2.04. The van der Waals surface area contributed by atoms with E-state index in [0.717, 1.165) is 17.0 Å². The normalized spacial score (nSPS) is 12.3. The topological polar surface area (TPSA) is 113 Å². The van der Waals surface area contributed by atoms with Gasteiger partial charge in [-0.25, -0.2) is 18.1 Å². The van der Waals surface area contributed by atoms with Crippen LogP contribution >= 0.6 is 0 Å². The zero-order valence-corrected chi connectivity index (χ0v) is 16.6. The minimum atomic E-state index is -3.43. The number of aromatic nitrogens is 3.